The molecule has 2 aliphatic rings. The zero-order valence-electron chi connectivity index (χ0n) is 20.5. The number of benzene rings is 2. The molecule has 0 bridgehead atoms. The van der Waals surface area contributed by atoms with E-state index in [0.717, 1.165) is 39.3 Å². The van der Waals surface area contributed by atoms with E-state index in [4.69, 9.17) is 37.4 Å². The van der Waals surface area contributed by atoms with Crippen molar-refractivity contribution in [3.63, 3.8) is 0 Å². The quantitative estimate of drug-likeness (QED) is 0.347. The maximum absolute atomic E-state index is 10.7. The van der Waals surface area contributed by atoms with Gasteiger partial charge in [0, 0.05) is 35.7 Å². The molecule has 2 aromatic carbocycles. The Morgan fingerprint density at radius 2 is 1.95 bits per heavy atom. The Hall–Kier alpha value is -2.96. The normalized spacial score (nSPS) is 16.8. The van der Waals surface area contributed by atoms with E-state index in [1.165, 1.54) is 26.1 Å². The molecule has 2 N–H and O–H groups in total. The molecule has 0 saturated carbocycles. The second-order valence-electron chi connectivity index (χ2n) is 9.62. The highest BCUT2D eigenvalue weighted by Gasteiger charge is 2.40. The molecule has 3 heterocycles. The number of nitrogens with zero attached hydrogens (tertiary/aromatic N) is 3. The van der Waals surface area contributed by atoms with Crippen molar-refractivity contribution in [2.45, 2.75) is 19.3 Å². The van der Waals surface area contributed by atoms with Crippen LogP contribution < -0.4 is 14.8 Å². The number of nitrogens with one attached hydrogen (secondary N) is 1. The highest BCUT2D eigenvalue weighted by atomic mass is 35.5. The number of likely N-dealkylation sites (tertiary alicyclic amines) is 1. The lowest BCUT2D eigenvalue weighted by Crippen LogP contribution is -2.51. The van der Waals surface area contributed by atoms with Gasteiger partial charge in [-0.1, -0.05) is 23.2 Å². The molecule has 0 unspecified atom stereocenters. The smallest absolute Gasteiger partial charge is 0.163 e. The van der Waals surface area contributed by atoms with Gasteiger partial charge in [-0.2, -0.15) is 5.26 Å². The number of hydrogen-bond donors (Lipinski definition) is 2. The number of hydrogen-bond acceptors (Lipinski definition) is 8. The number of pyridine rings is 1. The van der Waals surface area contributed by atoms with Gasteiger partial charge in [-0.15, -0.1) is 0 Å². The average Bonchev–Trinajstić information content (AvgIpc) is 2.88. The van der Waals surface area contributed by atoms with E-state index >= 15 is 0 Å². The van der Waals surface area contributed by atoms with Gasteiger partial charge in [-0.25, -0.2) is 0 Å². The number of phenols is 1. The van der Waals surface area contributed by atoms with Gasteiger partial charge in [0.05, 0.1) is 59.4 Å². The molecule has 37 heavy (non-hydrogen) atoms. The van der Waals surface area contributed by atoms with Crippen LogP contribution in [-0.2, 0) is 4.74 Å². The number of aromatic hydroxyl groups is 1. The fourth-order valence-electron chi connectivity index (χ4n) is 4.86. The lowest BCUT2D eigenvalue weighted by molar-refractivity contribution is -0.139. The van der Waals surface area contributed by atoms with Gasteiger partial charge in [0.25, 0.3) is 0 Å². The van der Waals surface area contributed by atoms with Gasteiger partial charge in [-0.05, 0) is 44.5 Å². The Morgan fingerprint density at radius 1 is 1.16 bits per heavy atom. The number of nitriles is 1. The summed E-state index contributed by atoms with van der Waals surface area (Å²) in [6.45, 7) is 5.43. The Bertz CT molecular complexity index is 1350. The molecule has 10 heteroatoms. The minimum atomic E-state index is -0.0304. The van der Waals surface area contributed by atoms with Crippen molar-refractivity contribution < 1.29 is 19.3 Å². The number of ether oxygens (including phenoxy) is 3. The third kappa shape index (κ3) is 5.36. The topological polar surface area (TPSA) is 99.9 Å². The maximum Gasteiger partial charge on any atom is 0.163 e. The maximum atomic E-state index is 10.7. The van der Waals surface area contributed by atoms with Gasteiger partial charge >= 0.3 is 0 Å². The molecule has 8 nitrogen and oxygen atoms in total. The van der Waals surface area contributed by atoms with E-state index in [1.807, 2.05) is 0 Å². The number of anilines is 2. The summed E-state index contributed by atoms with van der Waals surface area (Å²) in [6.07, 6.45) is 4.72. The Kier molecular flexibility index (Phi) is 7.50. The van der Waals surface area contributed by atoms with Gasteiger partial charge in [0.2, 0.25) is 0 Å². The summed E-state index contributed by atoms with van der Waals surface area (Å²) in [5, 5.41) is 24.9. The van der Waals surface area contributed by atoms with E-state index in [1.54, 1.807) is 24.3 Å². The first-order valence-electron chi connectivity index (χ1n) is 12.2. The van der Waals surface area contributed by atoms with Gasteiger partial charge in [0.1, 0.15) is 11.8 Å². The fourth-order valence-corrected chi connectivity index (χ4v) is 5.37. The summed E-state index contributed by atoms with van der Waals surface area (Å²) in [4.78, 5) is 6.87. The standard InChI is InChI=1S/C27H28Cl2N4O4/c1-35-24-12-22(19(28)10-20(24)29)32-26-17(13-30)14-31-21-11-25(23(34)9-18(21)26)37-8-2-5-33-6-3-27(4-7-33)15-36-16-27/h9-12,14,34H,2-8,15-16H2,1H3,(H,31,32). The third-order valence-corrected chi connectivity index (χ3v) is 7.79. The van der Waals surface area contributed by atoms with Crippen LogP contribution >= 0.6 is 23.2 Å². The van der Waals surface area contributed by atoms with Crippen molar-refractivity contribution in [3.05, 3.63) is 46.1 Å². The zero-order chi connectivity index (χ0) is 26.0. The SMILES string of the molecule is COc1cc(Nc2c(C#N)cnc3cc(OCCCN4CCC5(CC4)COC5)c(O)cc23)c(Cl)cc1Cl. The van der Waals surface area contributed by atoms with Crippen molar-refractivity contribution in [1.29, 1.82) is 5.26 Å². The van der Waals surface area contributed by atoms with E-state index in [2.05, 4.69) is 21.3 Å². The second-order valence-corrected chi connectivity index (χ2v) is 10.4. The van der Waals surface area contributed by atoms with Crippen LogP contribution in [-0.4, -0.2) is 61.6 Å². The monoisotopic (exact) mass is 542 g/mol. The van der Waals surface area contributed by atoms with Crippen LogP contribution in [0.5, 0.6) is 17.2 Å². The third-order valence-electron chi connectivity index (χ3n) is 7.18. The lowest BCUT2D eigenvalue weighted by Gasteiger charge is -2.47. The van der Waals surface area contributed by atoms with Crippen LogP contribution in [0.15, 0.2) is 30.5 Å². The summed E-state index contributed by atoms with van der Waals surface area (Å²) in [6, 6.07) is 8.58. The molecule has 1 spiro atoms. The van der Waals surface area contributed by atoms with E-state index in [9.17, 15) is 10.4 Å². The van der Waals surface area contributed by atoms with Crippen LogP contribution in [0.4, 0.5) is 11.4 Å². The van der Waals surface area contributed by atoms with Crippen molar-refractivity contribution >= 4 is 45.5 Å². The second kappa shape index (κ2) is 10.8. The fraction of sp³-hybridized carbons (Fsp3) is 0.407. The van der Waals surface area contributed by atoms with Gasteiger partial charge < -0.3 is 29.5 Å². The average molecular weight is 543 g/mol. The molecular weight excluding hydrogens is 515 g/mol. The number of methoxy groups -OCH3 is 1. The summed E-state index contributed by atoms with van der Waals surface area (Å²) in [5.41, 5.74) is 2.25. The van der Waals surface area contributed by atoms with Crippen molar-refractivity contribution in [3.8, 4) is 23.3 Å². The molecule has 2 fully saturated rings. The van der Waals surface area contributed by atoms with Crippen LogP contribution in [0.2, 0.25) is 10.0 Å². The molecule has 0 radical (unpaired) electrons. The highest BCUT2D eigenvalue weighted by molar-refractivity contribution is 6.37. The molecule has 0 amide bonds. The van der Waals surface area contributed by atoms with E-state index < -0.39 is 0 Å². The largest absolute Gasteiger partial charge is 0.504 e. The summed E-state index contributed by atoms with van der Waals surface area (Å²) in [5.74, 6) is 0.758. The Labute approximate surface area is 225 Å². The van der Waals surface area contributed by atoms with E-state index in [-0.39, 0.29) is 5.75 Å². The predicted molar refractivity (Wildman–Crippen MR) is 143 cm³/mol. The molecule has 194 valence electrons. The highest BCUT2D eigenvalue weighted by Crippen LogP contribution is 2.41. The number of phenolic OH excluding ortho intramolecular Hbond substituents is 1. The number of halogens is 2. The molecule has 3 aromatic rings. The number of aromatic nitrogens is 1. The first-order valence-corrected chi connectivity index (χ1v) is 13.0. The molecular formula is C27H28Cl2N4O4. The van der Waals surface area contributed by atoms with Gasteiger partial charge in [-0.3, -0.25) is 4.98 Å². The van der Waals surface area contributed by atoms with Crippen LogP contribution in [0.1, 0.15) is 24.8 Å². The van der Waals surface area contributed by atoms with Crippen LogP contribution in [0, 0.1) is 16.7 Å². The van der Waals surface area contributed by atoms with Crippen molar-refractivity contribution in [2.75, 3.05) is 51.9 Å². The zero-order valence-corrected chi connectivity index (χ0v) is 22.0. The summed E-state index contributed by atoms with van der Waals surface area (Å²) in [7, 11) is 1.51. The molecule has 5 rings (SSSR count). The molecule has 2 saturated heterocycles. The first kappa shape index (κ1) is 25.7. The number of fused-ring (bicyclic) bond motifs is 1. The van der Waals surface area contributed by atoms with Crippen molar-refractivity contribution in [1.82, 2.24) is 9.88 Å². The summed E-state index contributed by atoms with van der Waals surface area (Å²) >= 11 is 12.5. The Balaban J connectivity index is 1.29. The molecule has 0 atom stereocenters. The minimum absolute atomic E-state index is 0.0304. The molecule has 1 aromatic heterocycles. The van der Waals surface area contributed by atoms with Crippen LogP contribution in [0.3, 0.4) is 0 Å². The lowest BCUT2D eigenvalue weighted by atomic mass is 9.77. The molecule has 0 aliphatic carbocycles. The van der Waals surface area contributed by atoms with Gasteiger partial charge in [0.15, 0.2) is 11.5 Å². The van der Waals surface area contributed by atoms with E-state index in [0.29, 0.717) is 61.4 Å². The summed E-state index contributed by atoms with van der Waals surface area (Å²) < 4.78 is 16.6. The van der Waals surface area contributed by atoms with Crippen molar-refractivity contribution in [2.24, 2.45) is 5.41 Å². The number of piperidine rings is 1. The Morgan fingerprint density at radius 3 is 2.62 bits per heavy atom. The first-order chi connectivity index (χ1) is 17.9. The molecule has 2 aliphatic heterocycles. The predicted octanol–water partition coefficient (Wildman–Crippen LogP) is 5.75. The van der Waals surface area contributed by atoms with Crippen LogP contribution in [0.25, 0.3) is 10.9 Å². The number of rotatable bonds is 8. The minimum Gasteiger partial charge on any atom is -0.504 e.